The standard InChI is InChI=1S/H3N2O.Na/c1-2-3;/h3H,1H2;/q-1;+1. The molecule has 0 bridgehead atoms. The first-order valence-electron chi connectivity index (χ1n) is 0.458. The van der Waals surface area contributed by atoms with E-state index in [4.69, 9.17) is 5.21 Å². The molecular weight excluding hydrogens is 67.0 g/mol. The first kappa shape index (κ1) is 8.86. The molecule has 4 heavy (non-hydrogen) atoms. The molecule has 0 aliphatic heterocycles. The van der Waals surface area contributed by atoms with Gasteiger partial charge in [-0.3, -0.25) is 0 Å². The van der Waals surface area contributed by atoms with Crippen LogP contribution in [0.2, 0.25) is 0 Å². The molecule has 4 heteroatoms. The minimum atomic E-state index is 0. The van der Waals surface area contributed by atoms with Gasteiger partial charge in [0, 0.05) is 0 Å². The fourth-order valence-corrected chi connectivity index (χ4v) is 0. The quantitative estimate of drug-likeness (QED) is 0.177. The summed E-state index contributed by atoms with van der Waals surface area (Å²) in [6, 6.07) is 0. The second-order valence-electron chi connectivity index (χ2n) is 0.115. The van der Waals surface area contributed by atoms with Crippen molar-refractivity contribution in [2.24, 2.45) is 5.84 Å². The van der Waals surface area contributed by atoms with Gasteiger partial charge < -0.3 is 16.6 Å². The van der Waals surface area contributed by atoms with E-state index >= 15 is 0 Å². The average molecular weight is 70.0 g/mol. The molecule has 0 heterocycles. The molecule has 0 rings (SSSR count). The minimum Gasteiger partial charge on any atom is -0.488 e. The smallest absolute Gasteiger partial charge is 0.488 e. The van der Waals surface area contributed by atoms with E-state index in [2.05, 4.69) is 5.84 Å². The maximum Gasteiger partial charge on any atom is 1.00 e. The molecule has 0 radical (unpaired) electrons. The van der Waals surface area contributed by atoms with Gasteiger partial charge in [-0.05, 0) is 0 Å². The zero-order valence-electron chi connectivity index (χ0n) is 2.47. The third kappa shape index (κ3) is 13.1. The first-order valence-corrected chi connectivity index (χ1v) is 0.458. The van der Waals surface area contributed by atoms with Crippen molar-refractivity contribution in [3.05, 3.63) is 5.59 Å². The van der Waals surface area contributed by atoms with Crippen LogP contribution in [0.5, 0.6) is 0 Å². The Hall–Kier alpha value is 0.880. The normalized spacial score (nSPS) is 4.50. The monoisotopic (exact) mass is 70.0 g/mol. The molecule has 3 nitrogen and oxygen atoms in total. The third-order valence-corrected chi connectivity index (χ3v) is 0. The predicted octanol–water partition coefficient (Wildman–Crippen LogP) is -3.37. The van der Waals surface area contributed by atoms with Crippen molar-refractivity contribution >= 4 is 0 Å². The molecule has 0 atom stereocenters. The summed E-state index contributed by atoms with van der Waals surface area (Å²) in [6.45, 7) is 0. The van der Waals surface area contributed by atoms with Crippen LogP contribution in [-0.4, -0.2) is 5.21 Å². The van der Waals surface area contributed by atoms with Crippen molar-refractivity contribution in [1.82, 2.24) is 0 Å². The van der Waals surface area contributed by atoms with E-state index in [0.717, 1.165) is 0 Å². The van der Waals surface area contributed by atoms with Gasteiger partial charge in [0.05, 0.1) is 0 Å². The van der Waals surface area contributed by atoms with E-state index in [1.54, 1.807) is 0 Å². The van der Waals surface area contributed by atoms with E-state index < -0.39 is 0 Å². The Morgan fingerprint density at radius 1 is 1.75 bits per heavy atom. The summed E-state index contributed by atoms with van der Waals surface area (Å²) < 4.78 is 0. The largest absolute Gasteiger partial charge is 1.00 e. The molecule has 3 N–H and O–H groups in total. The van der Waals surface area contributed by atoms with Crippen molar-refractivity contribution < 1.29 is 34.8 Å². The zero-order valence-corrected chi connectivity index (χ0v) is 4.47. The van der Waals surface area contributed by atoms with Crippen LogP contribution in [-0.2, 0) is 0 Å². The Morgan fingerprint density at radius 3 is 1.75 bits per heavy atom. The molecule has 0 unspecified atom stereocenters. The van der Waals surface area contributed by atoms with Gasteiger partial charge in [-0.1, -0.05) is 0 Å². The average Bonchev–Trinajstić information content (AvgIpc) is 0.918. The summed E-state index contributed by atoms with van der Waals surface area (Å²) in [5, 5.41) is 6.97. The van der Waals surface area contributed by atoms with Crippen LogP contribution >= 0.6 is 0 Å². The van der Waals surface area contributed by atoms with E-state index in [-0.39, 0.29) is 29.6 Å². The Labute approximate surface area is 46.4 Å². The number of nitrogens with zero attached hydrogens (tertiary/aromatic N) is 1. The van der Waals surface area contributed by atoms with Gasteiger partial charge >= 0.3 is 29.6 Å². The van der Waals surface area contributed by atoms with Crippen LogP contribution in [0.3, 0.4) is 0 Å². The van der Waals surface area contributed by atoms with Crippen LogP contribution in [0, 0.1) is 0 Å². The molecule has 0 spiro atoms. The molecule has 0 aliphatic rings. The maximum atomic E-state index is 6.97. The Kier molecular flexibility index (Phi) is 20.2. The summed E-state index contributed by atoms with van der Waals surface area (Å²) >= 11 is 0. The van der Waals surface area contributed by atoms with Crippen molar-refractivity contribution in [2.45, 2.75) is 0 Å². The third-order valence-electron chi connectivity index (χ3n) is 0. The zero-order chi connectivity index (χ0) is 2.71. The van der Waals surface area contributed by atoms with E-state index in [9.17, 15) is 0 Å². The summed E-state index contributed by atoms with van der Waals surface area (Å²) in [5.41, 5.74) is 2.00. The number of hydrogen-bond donors (Lipinski definition) is 2. The maximum absolute atomic E-state index is 6.97. The van der Waals surface area contributed by atoms with Crippen molar-refractivity contribution in [3.8, 4) is 0 Å². The molecule has 0 saturated heterocycles. The van der Waals surface area contributed by atoms with Gasteiger partial charge in [-0.25, -0.2) is 0 Å². The first-order chi connectivity index (χ1) is 1.41. The molecule has 0 aromatic heterocycles. The Balaban J connectivity index is 0. The molecule has 0 aromatic carbocycles. The van der Waals surface area contributed by atoms with Gasteiger partial charge in [0.15, 0.2) is 0 Å². The summed E-state index contributed by atoms with van der Waals surface area (Å²) in [5.74, 6) is 4.03. The van der Waals surface area contributed by atoms with Crippen LogP contribution in [0.1, 0.15) is 0 Å². The number of nitrogens with two attached hydrogens (primary N) is 1. The second-order valence-corrected chi connectivity index (χ2v) is 0.115. The number of hydrogen-bond acceptors (Lipinski definition) is 2. The molecule has 0 aromatic rings. The summed E-state index contributed by atoms with van der Waals surface area (Å²) in [7, 11) is 0. The van der Waals surface area contributed by atoms with Crippen LogP contribution in [0.15, 0.2) is 0 Å². The molecule has 0 saturated carbocycles. The minimum absolute atomic E-state index is 0. The molecular formula is H3N2NaO. The van der Waals surface area contributed by atoms with Crippen molar-refractivity contribution in [2.75, 3.05) is 0 Å². The number of rotatable bonds is 0. The molecule has 20 valence electrons. The Morgan fingerprint density at radius 2 is 1.75 bits per heavy atom. The van der Waals surface area contributed by atoms with Crippen LogP contribution in [0.4, 0.5) is 0 Å². The fourth-order valence-electron chi connectivity index (χ4n) is 0. The van der Waals surface area contributed by atoms with Gasteiger partial charge in [-0.15, -0.1) is 0 Å². The van der Waals surface area contributed by atoms with Gasteiger partial charge in [-0.2, -0.15) is 0 Å². The van der Waals surface area contributed by atoms with Crippen LogP contribution < -0.4 is 35.4 Å². The van der Waals surface area contributed by atoms with E-state index in [1.807, 2.05) is 5.59 Å². The van der Waals surface area contributed by atoms with E-state index in [0.29, 0.717) is 0 Å². The van der Waals surface area contributed by atoms with E-state index in [1.165, 1.54) is 0 Å². The van der Waals surface area contributed by atoms with Crippen molar-refractivity contribution in [1.29, 1.82) is 0 Å². The van der Waals surface area contributed by atoms with Gasteiger partial charge in [0.25, 0.3) is 0 Å². The second kappa shape index (κ2) is 9.11. The van der Waals surface area contributed by atoms with Gasteiger partial charge in [0.1, 0.15) is 0 Å². The van der Waals surface area contributed by atoms with Crippen molar-refractivity contribution in [3.63, 3.8) is 0 Å². The topological polar surface area (TPSA) is 60.4 Å². The summed E-state index contributed by atoms with van der Waals surface area (Å²) in [6.07, 6.45) is 0. The Bertz CT molecular complexity index is 6.00. The van der Waals surface area contributed by atoms with Crippen LogP contribution in [0.25, 0.3) is 5.59 Å². The molecule has 0 amide bonds. The SMILES string of the molecule is N[N-]O.[Na+]. The predicted molar refractivity (Wildman–Crippen MR) is 9.33 cm³/mol. The summed E-state index contributed by atoms with van der Waals surface area (Å²) in [4.78, 5) is 0. The molecule has 0 aliphatic carbocycles. The van der Waals surface area contributed by atoms with Gasteiger partial charge in [0.2, 0.25) is 0 Å². The molecule has 0 fully saturated rings. The fraction of sp³-hybridized carbons (Fsp3) is 0.